The van der Waals surface area contributed by atoms with E-state index in [4.69, 9.17) is 9.26 Å². The van der Waals surface area contributed by atoms with Gasteiger partial charge in [-0.3, -0.25) is 0 Å². The quantitative estimate of drug-likeness (QED) is 0.380. The molecule has 178 valence electrons. The zero-order valence-electron chi connectivity index (χ0n) is 19.3. The highest BCUT2D eigenvalue weighted by Gasteiger charge is 2.32. The summed E-state index contributed by atoms with van der Waals surface area (Å²) in [5.74, 6) is 1.04. The Labute approximate surface area is 198 Å². The second-order valence-electron chi connectivity index (χ2n) is 9.80. The standard InChI is InChI=1S/C27H30FN3O3/c28-21-3-5-24-25(16-21)34-29-26(24)18-6-10-30(11-7-18)9-1-13-33-23-14-19-2-4-22(17-32)31-12-8-20(15-23)27(19)31/h3,5,14-18,22H,1-2,4,6-13H2. The molecule has 4 heterocycles. The smallest absolute Gasteiger partial charge is 0.170 e. The highest BCUT2D eigenvalue weighted by Crippen LogP contribution is 2.41. The highest BCUT2D eigenvalue weighted by molar-refractivity contribution is 5.80. The summed E-state index contributed by atoms with van der Waals surface area (Å²) in [7, 11) is 0. The fraction of sp³-hybridized carbons (Fsp3) is 0.481. The molecule has 6 rings (SSSR count). The zero-order chi connectivity index (χ0) is 23.1. The molecule has 3 aromatic rings. The lowest BCUT2D eigenvalue weighted by Crippen LogP contribution is -2.38. The number of nitrogens with zero attached hydrogens (tertiary/aromatic N) is 3. The van der Waals surface area contributed by atoms with E-state index in [2.05, 4.69) is 27.1 Å². The molecule has 2 aromatic carbocycles. The molecule has 1 aromatic heterocycles. The largest absolute Gasteiger partial charge is 0.494 e. The first kappa shape index (κ1) is 21.6. The number of aldehydes is 1. The van der Waals surface area contributed by atoms with Gasteiger partial charge in [0.1, 0.15) is 17.9 Å². The lowest BCUT2D eigenvalue weighted by atomic mass is 9.91. The molecule has 3 aliphatic heterocycles. The van der Waals surface area contributed by atoms with Gasteiger partial charge in [-0.1, -0.05) is 5.16 Å². The molecule has 0 radical (unpaired) electrons. The second-order valence-corrected chi connectivity index (χ2v) is 9.80. The number of carbonyl (C=O) groups is 1. The summed E-state index contributed by atoms with van der Waals surface area (Å²) in [5, 5.41) is 5.19. The van der Waals surface area contributed by atoms with Gasteiger partial charge in [0.05, 0.1) is 18.3 Å². The third-order valence-electron chi connectivity index (χ3n) is 7.74. The summed E-state index contributed by atoms with van der Waals surface area (Å²) in [5.41, 5.74) is 5.43. The van der Waals surface area contributed by atoms with Gasteiger partial charge in [-0.05, 0) is 87.0 Å². The number of rotatable bonds is 7. The minimum atomic E-state index is -0.292. The maximum absolute atomic E-state index is 13.4. The van der Waals surface area contributed by atoms with Gasteiger partial charge in [0, 0.05) is 36.1 Å². The Hall–Kier alpha value is -2.93. The van der Waals surface area contributed by atoms with E-state index in [-0.39, 0.29) is 11.9 Å². The van der Waals surface area contributed by atoms with Crippen molar-refractivity contribution in [1.29, 1.82) is 0 Å². The molecule has 1 saturated heterocycles. The van der Waals surface area contributed by atoms with E-state index >= 15 is 0 Å². The molecule has 6 nitrogen and oxygen atoms in total. The van der Waals surface area contributed by atoms with E-state index in [1.807, 2.05) is 0 Å². The number of fused-ring (bicyclic) bond motifs is 1. The number of piperidine rings is 1. The number of hydrogen-bond acceptors (Lipinski definition) is 6. The summed E-state index contributed by atoms with van der Waals surface area (Å²) >= 11 is 0. The van der Waals surface area contributed by atoms with Crippen molar-refractivity contribution in [3.63, 3.8) is 0 Å². The van der Waals surface area contributed by atoms with Crippen molar-refractivity contribution in [1.82, 2.24) is 10.1 Å². The topological polar surface area (TPSA) is 58.8 Å². The van der Waals surface area contributed by atoms with Crippen LogP contribution >= 0.6 is 0 Å². The molecular formula is C27H30FN3O3. The summed E-state index contributed by atoms with van der Waals surface area (Å²) in [6, 6.07) is 9.06. The SMILES string of the molecule is O=CC1CCc2cc(OCCCN3CCC(c4noc5cc(F)ccc45)CC3)cc3c2N1CC3. The molecule has 0 aliphatic carbocycles. The zero-order valence-corrected chi connectivity index (χ0v) is 19.3. The minimum absolute atomic E-state index is 0.0377. The van der Waals surface area contributed by atoms with E-state index in [0.29, 0.717) is 18.1 Å². The van der Waals surface area contributed by atoms with Crippen LogP contribution in [0.25, 0.3) is 11.0 Å². The van der Waals surface area contributed by atoms with E-state index < -0.39 is 0 Å². The van der Waals surface area contributed by atoms with Gasteiger partial charge in [0.25, 0.3) is 0 Å². The minimum Gasteiger partial charge on any atom is -0.494 e. The number of halogens is 1. The Balaban J connectivity index is 0.991. The van der Waals surface area contributed by atoms with Crippen LogP contribution < -0.4 is 9.64 Å². The third kappa shape index (κ3) is 3.96. The van der Waals surface area contributed by atoms with Crippen molar-refractivity contribution in [3.8, 4) is 5.75 Å². The average Bonchev–Trinajstić information content (AvgIpc) is 3.48. The van der Waals surface area contributed by atoms with Gasteiger partial charge >= 0.3 is 0 Å². The monoisotopic (exact) mass is 463 g/mol. The molecular weight excluding hydrogens is 433 g/mol. The van der Waals surface area contributed by atoms with Crippen molar-refractivity contribution in [3.05, 3.63) is 53.0 Å². The first-order valence-corrected chi connectivity index (χ1v) is 12.5. The molecule has 7 heteroatoms. The normalized spacial score (nSPS) is 20.6. The first-order valence-electron chi connectivity index (χ1n) is 12.5. The van der Waals surface area contributed by atoms with Crippen molar-refractivity contribution in [2.45, 2.75) is 50.5 Å². The van der Waals surface area contributed by atoms with Crippen LogP contribution in [0.15, 0.2) is 34.9 Å². The van der Waals surface area contributed by atoms with Crippen LogP contribution in [-0.4, -0.2) is 55.2 Å². The van der Waals surface area contributed by atoms with Crippen molar-refractivity contribution < 1.29 is 18.4 Å². The number of anilines is 1. The van der Waals surface area contributed by atoms with Gasteiger partial charge < -0.3 is 23.9 Å². The summed E-state index contributed by atoms with van der Waals surface area (Å²) < 4.78 is 24.9. The van der Waals surface area contributed by atoms with Crippen LogP contribution in [0.1, 0.15) is 48.4 Å². The van der Waals surface area contributed by atoms with Crippen molar-refractivity contribution >= 4 is 22.9 Å². The number of ether oxygens (including phenoxy) is 1. The number of aromatic nitrogens is 1. The highest BCUT2D eigenvalue weighted by atomic mass is 19.1. The Kier molecular flexibility index (Phi) is 5.73. The molecule has 1 fully saturated rings. The molecule has 3 aliphatic rings. The van der Waals surface area contributed by atoms with Crippen LogP contribution in [0.4, 0.5) is 10.1 Å². The predicted molar refractivity (Wildman–Crippen MR) is 128 cm³/mol. The van der Waals surface area contributed by atoms with Gasteiger partial charge in [0.15, 0.2) is 5.58 Å². The van der Waals surface area contributed by atoms with Crippen LogP contribution in [0.3, 0.4) is 0 Å². The summed E-state index contributed by atoms with van der Waals surface area (Å²) in [6.07, 6.45) is 7.00. The molecule has 0 N–H and O–H groups in total. The van der Waals surface area contributed by atoms with E-state index in [1.165, 1.54) is 28.9 Å². The van der Waals surface area contributed by atoms with Crippen LogP contribution in [-0.2, 0) is 17.6 Å². The maximum Gasteiger partial charge on any atom is 0.170 e. The van der Waals surface area contributed by atoms with Crippen LogP contribution in [0.5, 0.6) is 5.75 Å². The Morgan fingerprint density at radius 1 is 1.09 bits per heavy atom. The Morgan fingerprint density at radius 3 is 2.74 bits per heavy atom. The van der Waals surface area contributed by atoms with Gasteiger partial charge in [-0.15, -0.1) is 0 Å². The number of hydrogen-bond donors (Lipinski definition) is 0. The van der Waals surface area contributed by atoms with E-state index in [0.717, 1.165) is 87.8 Å². The lowest BCUT2D eigenvalue weighted by molar-refractivity contribution is -0.109. The first-order chi connectivity index (χ1) is 16.7. The van der Waals surface area contributed by atoms with Crippen LogP contribution in [0.2, 0.25) is 0 Å². The number of benzene rings is 2. The Morgan fingerprint density at radius 2 is 1.91 bits per heavy atom. The molecule has 1 atom stereocenters. The number of carbonyl (C=O) groups excluding carboxylic acids is 1. The van der Waals surface area contributed by atoms with Crippen LogP contribution in [0, 0.1) is 5.82 Å². The number of likely N-dealkylation sites (tertiary alicyclic amines) is 1. The van der Waals surface area contributed by atoms with Gasteiger partial charge in [0.2, 0.25) is 0 Å². The van der Waals surface area contributed by atoms with Gasteiger partial charge in [-0.2, -0.15) is 0 Å². The third-order valence-corrected chi connectivity index (χ3v) is 7.74. The maximum atomic E-state index is 13.4. The predicted octanol–water partition coefficient (Wildman–Crippen LogP) is 4.49. The summed E-state index contributed by atoms with van der Waals surface area (Å²) in [4.78, 5) is 16.1. The lowest BCUT2D eigenvalue weighted by Gasteiger charge is -2.33. The Bertz CT molecular complexity index is 1200. The molecule has 0 spiro atoms. The molecule has 1 unspecified atom stereocenters. The van der Waals surface area contributed by atoms with Crippen molar-refractivity contribution in [2.24, 2.45) is 0 Å². The molecule has 0 amide bonds. The summed E-state index contributed by atoms with van der Waals surface area (Å²) in [6.45, 7) is 4.71. The molecule has 0 saturated carbocycles. The van der Waals surface area contributed by atoms with Crippen molar-refractivity contribution in [2.75, 3.05) is 37.7 Å². The number of aryl methyl sites for hydroxylation is 1. The second kappa shape index (κ2) is 9.02. The van der Waals surface area contributed by atoms with E-state index in [9.17, 15) is 9.18 Å². The average molecular weight is 464 g/mol. The fourth-order valence-electron chi connectivity index (χ4n) is 5.98. The molecule has 0 bridgehead atoms. The fourth-order valence-corrected chi connectivity index (χ4v) is 5.98. The van der Waals surface area contributed by atoms with E-state index in [1.54, 1.807) is 6.07 Å². The molecule has 34 heavy (non-hydrogen) atoms. The van der Waals surface area contributed by atoms with Gasteiger partial charge in [-0.25, -0.2) is 4.39 Å².